The molecular formula is C73H142O17P2. The van der Waals surface area contributed by atoms with Crippen LogP contribution in [0.1, 0.15) is 387 Å². The van der Waals surface area contributed by atoms with E-state index in [1.807, 2.05) is 0 Å². The minimum atomic E-state index is -4.95. The van der Waals surface area contributed by atoms with Gasteiger partial charge in [-0.2, -0.15) is 0 Å². The minimum Gasteiger partial charge on any atom is -0.462 e. The number of rotatable bonds is 74. The van der Waals surface area contributed by atoms with Crippen LogP contribution in [0.15, 0.2) is 0 Å². The number of ether oxygens (including phenoxy) is 4. The maximum Gasteiger partial charge on any atom is 0.472 e. The fourth-order valence-corrected chi connectivity index (χ4v) is 12.8. The van der Waals surface area contributed by atoms with Gasteiger partial charge in [-0.1, -0.05) is 336 Å². The van der Waals surface area contributed by atoms with Crippen molar-refractivity contribution in [3.05, 3.63) is 0 Å². The number of carbonyl (C=O) groups excluding carboxylic acids is 4. The SMILES string of the molecule is CCCCCCCCCCCCCCCCCCCCCCCCC(=O)O[C@H](COC(=O)CCCCCCCCCCCCCCC)COP(=O)(O)OC[C@@H](O)COP(=O)(O)OC[C@@H](COC(=O)CCCCCCC)OC(=O)CCCCCCCCCCCCCC. The molecule has 0 aromatic heterocycles. The van der Waals surface area contributed by atoms with Gasteiger partial charge in [-0.25, -0.2) is 9.13 Å². The predicted octanol–water partition coefficient (Wildman–Crippen LogP) is 21.4. The van der Waals surface area contributed by atoms with Gasteiger partial charge in [0.05, 0.1) is 26.4 Å². The van der Waals surface area contributed by atoms with E-state index in [9.17, 15) is 43.2 Å². The number of esters is 4. The molecule has 0 saturated heterocycles. The molecule has 0 aliphatic heterocycles. The second kappa shape index (κ2) is 67.6. The molecule has 0 fully saturated rings. The van der Waals surface area contributed by atoms with Crippen LogP contribution in [-0.2, 0) is 65.4 Å². The van der Waals surface area contributed by atoms with Crippen LogP contribution >= 0.6 is 15.6 Å². The van der Waals surface area contributed by atoms with E-state index >= 15 is 0 Å². The third kappa shape index (κ3) is 66.7. The van der Waals surface area contributed by atoms with Crippen molar-refractivity contribution in [2.75, 3.05) is 39.6 Å². The molecule has 92 heavy (non-hydrogen) atoms. The quantitative estimate of drug-likeness (QED) is 0.0222. The van der Waals surface area contributed by atoms with E-state index in [0.717, 1.165) is 96.3 Å². The number of hydrogen-bond donors (Lipinski definition) is 3. The topological polar surface area (TPSA) is 237 Å². The average Bonchev–Trinajstić information content (AvgIpc) is 2.27. The number of hydrogen-bond acceptors (Lipinski definition) is 15. The molecule has 0 radical (unpaired) electrons. The van der Waals surface area contributed by atoms with Gasteiger partial charge in [-0.05, 0) is 25.7 Å². The Morgan fingerprint density at radius 1 is 0.261 bits per heavy atom. The van der Waals surface area contributed by atoms with Gasteiger partial charge in [0, 0.05) is 25.7 Å². The Bertz CT molecular complexity index is 1760. The summed E-state index contributed by atoms with van der Waals surface area (Å²) in [7, 11) is -9.89. The lowest BCUT2D eigenvalue weighted by Crippen LogP contribution is -2.30. The van der Waals surface area contributed by atoms with E-state index in [2.05, 4.69) is 27.7 Å². The summed E-state index contributed by atoms with van der Waals surface area (Å²) in [6.45, 7) is 4.87. The Kier molecular flexibility index (Phi) is 66.2. The maximum atomic E-state index is 13.1. The average molecular weight is 1350 g/mol. The molecule has 0 aliphatic rings. The number of unbranched alkanes of at least 4 members (excludes halogenated alkanes) is 48. The Morgan fingerprint density at radius 2 is 0.435 bits per heavy atom. The number of carbonyl (C=O) groups is 4. The highest BCUT2D eigenvalue weighted by molar-refractivity contribution is 7.47. The summed E-state index contributed by atoms with van der Waals surface area (Å²) in [6.07, 6.45) is 57.4. The summed E-state index contributed by atoms with van der Waals surface area (Å²) in [5.74, 6) is -2.13. The summed E-state index contributed by atoms with van der Waals surface area (Å²) in [6, 6.07) is 0. The molecule has 0 bridgehead atoms. The first-order chi connectivity index (χ1) is 44.7. The highest BCUT2D eigenvalue weighted by Crippen LogP contribution is 2.45. The molecule has 19 heteroatoms. The monoisotopic (exact) mass is 1350 g/mol. The first kappa shape index (κ1) is 90.1. The van der Waals surface area contributed by atoms with E-state index in [4.69, 9.17) is 37.0 Å². The van der Waals surface area contributed by atoms with Crippen LogP contribution in [0.25, 0.3) is 0 Å². The predicted molar refractivity (Wildman–Crippen MR) is 372 cm³/mol. The Hall–Kier alpha value is -1.94. The molecule has 0 saturated carbocycles. The summed E-state index contributed by atoms with van der Waals surface area (Å²) >= 11 is 0. The van der Waals surface area contributed by atoms with Crippen molar-refractivity contribution < 1.29 is 80.2 Å². The standard InChI is InChI=1S/C73H142O17P2/c1-5-9-13-17-20-23-26-29-30-31-32-33-34-35-36-37-39-42-45-48-52-56-60-73(78)90-69(64-84-71(76)58-54-50-46-43-41-38-27-24-21-18-14-10-6-2)66-88-92(81,82)86-62-67(74)61-85-91(79,80)87-65-68(63-83-70(75)57-53-49-16-12-8-4)89-72(77)59-55-51-47-44-40-28-25-22-19-15-11-7-3/h67-69,74H,5-66H2,1-4H3,(H,79,80)(H,81,82)/t67-,68+,69+/m0/s1. The van der Waals surface area contributed by atoms with Crippen LogP contribution in [0.4, 0.5) is 0 Å². The van der Waals surface area contributed by atoms with Gasteiger partial charge in [0.15, 0.2) is 12.2 Å². The Labute approximate surface area is 562 Å². The zero-order valence-corrected chi connectivity index (χ0v) is 61.3. The number of aliphatic hydroxyl groups is 1. The van der Waals surface area contributed by atoms with Crippen LogP contribution in [0.2, 0.25) is 0 Å². The molecule has 17 nitrogen and oxygen atoms in total. The van der Waals surface area contributed by atoms with Crippen LogP contribution in [0.3, 0.4) is 0 Å². The smallest absolute Gasteiger partial charge is 0.462 e. The lowest BCUT2D eigenvalue weighted by Gasteiger charge is -2.21. The van der Waals surface area contributed by atoms with Crippen molar-refractivity contribution in [2.24, 2.45) is 0 Å². The summed E-state index contributed by atoms with van der Waals surface area (Å²) in [5, 5.41) is 10.6. The Balaban J connectivity index is 5.09. The molecule has 0 aromatic carbocycles. The lowest BCUT2D eigenvalue weighted by atomic mass is 10.0. The van der Waals surface area contributed by atoms with Gasteiger partial charge in [-0.15, -0.1) is 0 Å². The molecular weight excluding hydrogens is 1210 g/mol. The van der Waals surface area contributed by atoms with Gasteiger partial charge in [0.1, 0.15) is 19.3 Å². The first-order valence-corrected chi connectivity index (χ1v) is 41.3. The third-order valence-electron chi connectivity index (χ3n) is 17.1. The number of phosphoric acid groups is 2. The molecule has 0 amide bonds. The largest absolute Gasteiger partial charge is 0.472 e. The van der Waals surface area contributed by atoms with E-state index in [-0.39, 0.29) is 25.7 Å². The van der Waals surface area contributed by atoms with Gasteiger partial charge < -0.3 is 33.8 Å². The zero-order chi connectivity index (χ0) is 67.5. The van der Waals surface area contributed by atoms with Crippen LogP contribution in [0.5, 0.6) is 0 Å². The first-order valence-electron chi connectivity index (χ1n) is 38.3. The normalized spacial score (nSPS) is 13.9. The second-order valence-electron chi connectivity index (χ2n) is 26.3. The van der Waals surface area contributed by atoms with Gasteiger partial charge in [-0.3, -0.25) is 37.3 Å². The van der Waals surface area contributed by atoms with Crippen molar-refractivity contribution in [1.29, 1.82) is 0 Å². The zero-order valence-electron chi connectivity index (χ0n) is 59.5. The van der Waals surface area contributed by atoms with E-state index in [0.29, 0.717) is 25.7 Å². The number of phosphoric ester groups is 2. The molecule has 2 unspecified atom stereocenters. The molecule has 5 atom stereocenters. The molecule has 0 aliphatic carbocycles. The molecule has 0 rings (SSSR count). The fourth-order valence-electron chi connectivity index (χ4n) is 11.2. The van der Waals surface area contributed by atoms with Crippen LogP contribution in [0, 0.1) is 0 Å². The van der Waals surface area contributed by atoms with Crippen molar-refractivity contribution in [2.45, 2.75) is 406 Å². The maximum absolute atomic E-state index is 13.1. The second-order valence-corrected chi connectivity index (χ2v) is 29.2. The van der Waals surface area contributed by atoms with Crippen molar-refractivity contribution in [1.82, 2.24) is 0 Å². The van der Waals surface area contributed by atoms with Crippen molar-refractivity contribution >= 4 is 39.5 Å². The van der Waals surface area contributed by atoms with Gasteiger partial charge in [0.25, 0.3) is 0 Å². The highest BCUT2D eigenvalue weighted by atomic mass is 31.2. The molecule has 546 valence electrons. The van der Waals surface area contributed by atoms with E-state index < -0.39 is 97.5 Å². The van der Waals surface area contributed by atoms with Crippen molar-refractivity contribution in [3.8, 4) is 0 Å². The summed E-state index contributed by atoms with van der Waals surface area (Å²) < 4.78 is 68.1. The molecule has 0 heterocycles. The van der Waals surface area contributed by atoms with Gasteiger partial charge in [0.2, 0.25) is 0 Å². The van der Waals surface area contributed by atoms with Crippen LogP contribution < -0.4 is 0 Å². The van der Waals surface area contributed by atoms with Crippen LogP contribution in [-0.4, -0.2) is 96.7 Å². The van der Waals surface area contributed by atoms with Gasteiger partial charge >= 0.3 is 39.5 Å². The minimum absolute atomic E-state index is 0.107. The summed E-state index contributed by atoms with van der Waals surface area (Å²) in [5.41, 5.74) is 0. The highest BCUT2D eigenvalue weighted by Gasteiger charge is 2.30. The molecule has 0 spiro atoms. The molecule has 3 N–H and O–H groups in total. The Morgan fingerprint density at radius 3 is 0.641 bits per heavy atom. The number of aliphatic hydroxyl groups excluding tert-OH is 1. The van der Waals surface area contributed by atoms with E-state index in [1.165, 1.54) is 212 Å². The van der Waals surface area contributed by atoms with Crippen molar-refractivity contribution in [3.63, 3.8) is 0 Å². The van der Waals surface area contributed by atoms with E-state index in [1.54, 1.807) is 0 Å². The fraction of sp³-hybridized carbons (Fsp3) is 0.945. The lowest BCUT2D eigenvalue weighted by molar-refractivity contribution is -0.161. The summed E-state index contributed by atoms with van der Waals surface area (Å²) in [4.78, 5) is 72.3. The third-order valence-corrected chi connectivity index (χ3v) is 19.0. The molecule has 0 aromatic rings.